The van der Waals surface area contributed by atoms with E-state index in [1.807, 2.05) is 23.5 Å². The van der Waals surface area contributed by atoms with Crippen molar-refractivity contribution in [3.63, 3.8) is 0 Å². The highest BCUT2D eigenvalue weighted by molar-refractivity contribution is 7.99. The Morgan fingerprint density at radius 3 is 1.31 bits per heavy atom. The molecule has 2 nitrogen and oxygen atoms in total. The van der Waals surface area contributed by atoms with E-state index in [0.29, 0.717) is 17.2 Å². The Kier molecular flexibility index (Phi) is 17.8. The zero-order valence-electron chi connectivity index (χ0n) is 32.8. The van der Waals surface area contributed by atoms with Crippen LogP contribution in [0.3, 0.4) is 0 Å². The van der Waals surface area contributed by atoms with Crippen molar-refractivity contribution in [1.82, 2.24) is 0 Å². The maximum Gasteiger partial charge on any atom is 0.0426 e. The number of benzene rings is 3. The number of nitrogens with zero attached hydrogens (tertiary/aromatic N) is 2. The maximum atomic E-state index is 5.15. The molecule has 52 heavy (non-hydrogen) atoms. The molecule has 0 spiro atoms. The smallest absolute Gasteiger partial charge is 0.0426 e. The van der Waals surface area contributed by atoms with Gasteiger partial charge in [0.2, 0.25) is 0 Å². The monoisotopic (exact) mass is 772 g/mol. The number of rotatable bonds is 24. The summed E-state index contributed by atoms with van der Waals surface area (Å²) >= 11 is 4.03. The molecule has 0 fully saturated rings. The van der Waals surface area contributed by atoms with Gasteiger partial charge >= 0.3 is 0 Å². The van der Waals surface area contributed by atoms with Crippen LogP contribution >= 0.6 is 40.7 Å². The van der Waals surface area contributed by atoms with Crippen LogP contribution in [0.2, 0.25) is 0 Å². The van der Waals surface area contributed by atoms with Crippen molar-refractivity contribution in [1.29, 1.82) is 0 Å². The molecular weight excluding hydrogens is 707 g/mol. The normalized spacial score (nSPS) is 17.2. The van der Waals surface area contributed by atoms with Crippen LogP contribution in [0.1, 0.15) is 153 Å². The summed E-state index contributed by atoms with van der Waals surface area (Å²) in [5.74, 6) is 2.39. The van der Waals surface area contributed by atoms with Gasteiger partial charge in [0, 0.05) is 44.1 Å². The minimum absolute atomic E-state index is 0.0656. The molecule has 2 aliphatic rings. The van der Waals surface area contributed by atoms with Gasteiger partial charge in [0.05, 0.1) is 0 Å². The lowest BCUT2D eigenvalue weighted by Crippen LogP contribution is -2.27. The lowest BCUT2D eigenvalue weighted by Gasteiger charge is -2.39. The van der Waals surface area contributed by atoms with E-state index in [0.717, 1.165) is 25.9 Å². The first kappa shape index (κ1) is 41.7. The Labute approximate surface area is 330 Å². The second-order valence-corrected chi connectivity index (χ2v) is 20.6. The van der Waals surface area contributed by atoms with Crippen LogP contribution in [0, 0.1) is 0 Å². The van der Waals surface area contributed by atoms with Gasteiger partial charge in [-0.1, -0.05) is 145 Å². The third-order valence-corrected chi connectivity index (χ3v) is 16.9. The first-order valence-corrected chi connectivity index (χ1v) is 24.7. The van der Waals surface area contributed by atoms with E-state index >= 15 is 0 Å². The number of hydrogen-bond donors (Lipinski definition) is 0. The minimum Gasteiger partial charge on any atom is -0.290 e. The van der Waals surface area contributed by atoms with Crippen LogP contribution in [0.5, 0.6) is 0 Å². The van der Waals surface area contributed by atoms with Crippen molar-refractivity contribution >= 4 is 51.6 Å². The summed E-state index contributed by atoms with van der Waals surface area (Å²) in [4.78, 5) is 13.1. The standard InChI is InChI=1S/C46H66N2P2S2/c1-5-9-13-30-45(49-43-20-16-32-47-43,37-22-26-41(27-23-37)51-34-11-7-3)39-18-15-19-40(36-39)46(31-14-10-6-2,50-44-21-17-33-48-44)38-24-28-42(29-25-38)52-35-12-8-4/h15,18-19,22-29,36,49-50H,5-14,16-17,20-21,30-35H2,1-4H3. The summed E-state index contributed by atoms with van der Waals surface area (Å²) in [5.41, 5.74) is 8.89. The SMILES string of the molecule is CCCCCC(PC1=NCCC1)(c1ccc(SCCCC)cc1)c1cccc(C(CCCCC)(PC2=NCCC2)c2ccc(SCCCC)cc2)c1. The van der Waals surface area contributed by atoms with Crippen LogP contribution in [-0.4, -0.2) is 35.5 Å². The molecule has 0 aliphatic carbocycles. The third-order valence-electron chi connectivity index (χ3n) is 10.9. The first-order chi connectivity index (χ1) is 25.6. The van der Waals surface area contributed by atoms with Crippen LogP contribution in [0.15, 0.2) is 92.6 Å². The lowest BCUT2D eigenvalue weighted by atomic mass is 9.80. The van der Waals surface area contributed by atoms with Gasteiger partial charge in [-0.05, 0) is 109 Å². The molecule has 282 valence electrons. The number of thioether (sulfide) groups is 2. The van der Waals surface area contributed by atoms with Gasteiger partial charge in [0.1, 0.15) is 0 Å². The number of hydrogen-bond acceptors (Lipinski definition) is 4. The van der Waals surface area contributed by atoms with Gasteiger partial charge in [0.25, 0.3) is 0 Å². The highest BCUT2D eigenvalue weighted by atomic mass is 32.2. The first-order valence-electron chi connectivity index (χ1n) is 20.8. The van der Waals surface area contributed by atoms with E-state index < -0.39 is 0 Å². The molecule has 4 unspecified atom stereocenters. The summed E-state index contributed by atoms with van der Waals surface area (Å²) in [5, 5.41) is -0.131. The Bertz CT molecular complexity index is 1440. The quantitative estimate of drug-likeness (QED) is 0.0515. The number of unbranched alkanes of at least 4 members (excludes halogenated alkanes) is 6. The van der Waals surface area contributed by atoms with Gasteiger partial charge in [-0.25, -0.2) is 0 Å². The predicted octanol–water partition coefficient (Wildman–Crippen LogP) is 14.9. The molecule has 6 heteroatoms. The fourth-order valence-corrected chi connectivity index (χ4v) is 13.6. The van der Waals surface area contributed by atoms with Gasteiger partial charge in [-0.2, -0.15) is 0 Å². The van der Waals surface area contributed by atoms with Crippen molar-refractivity contribution in [3.8, 4) is 0 Å². The molecular formula is C46H66N2P2S2. The van der Waals surface area contributed by atoms with E-state index in [-0.39, 0.29) is 10.3 Å². The summed E-state index contributed by atoms with van der Waals surface area (Å²) in [6, 6.07) is 29.7. The van der Waals surface area contributed by atoms with Gasteiger partial charge in [-0.15, -0.1) is 23.5 Å². The van der Waals surface area contributed by atoms with E-state index in [9.17, 15) is 0 Å². The Hall–Kier alpha value is -1.44. The zero-order chi connectivity index (χ0) is 36.5. The Morgan fingerprint density at radius 2 is 0.942 bits per heavy atom. The van der Waals surface area contributed by atoms with Crippen molar-refractivity contribution < 1.29 is 0 Å². The van der Waals surface area contributed by atoms with Crippen LogP contribution in [-0.2, 0) is 10.3 Å². The fraction of sp³-hybridized carbons (Fsp3) is 0.565. The van der Waals surface area contributed by atoms with E-state index in [1.54, 1.807) is 0 Å². The van der Waals surface area contributed by atoms with Crippen molar-refractivity contribution in [2.24, 2.45) is 9.98 Å². The average Bonchev–Trinajstić information content (AvgIpc) is 3.90. The molecule has 4 atom stereocenters. The molecule has 5 rings (SSSR count). The average molecular weight is 773 g/mol. The lowest BCUT2D eigenvalue weighted by molar-refractivity contribution is 0.571. The molecule has 0 saturated carbocycles. The fourth-order valence-electron chi connectivity index (χ4n) is 7.77. The molecule has 3 aromatic carbocycles. The second kappa shape index (κ2) is 22.2. The molecule has 2 heterocycles. The number of aliphatic imine (C=N–C) groups is 2. The van der Waals surface area contributed by atoms with E-state index in [1.165, 1.54) is 144 Å². The second-order valence-electron chi connectivity index (χ2n) is 14.9. The minimum atomic E-state index is -0.0656. The van der Waals surface area contributed by atoms with Crippen molar-refractivity contribution in [2.75, 3.05) is 24.6 Å². The Morgan fingerprint density at radius 1 is 0.519 bits per heavy atom. The van der Waals surface area contributed by atoms with Crippen LogP contribution < -0.4 is 0 Å². The molecule has 2 aliphatic heterocycles. The summed E-state index contributed by atoms with van der Waals surface area (Å²) < 4.78 is 0. The molecule has 0 N–H and O–H groups in total. The predicted molar refractivity (Wildman–Crippen MR) is 240 cm³/mol. The van der Waals surface area contributed by atoms with E-state index in [2.05, 4.69) is 100 Å². The zero-order valence-corrected chi connectivity index (χ0v) is 36.4. The van der Waals surface area contributed by atoms with Gasteiger partial charge < -0.3 is 0 Å². The van der Waals surface area contributed by atoms with Crippen molar-refractivity contribution in [3.05, 3.63) is 95.1 Å². The highest BCUT2D eigenvalue weighted by Gasteiger charge is 2.40. The van der Waals surface area contributed by atoms with E-state index in [4.69, 9.17) is 9.98 Å². The van der Waals surface area contributed by atoms with Crippen LogP contribution in [0.4, 0.5) is 0 Å². The molecule has 0 radical (unpaired) electrons. The van der Waals surface area contributed by atoms with Crippen molar-refractivity contribution in [2.45, 2.75) is 151 Å². The largest absolute Gasteiger partial charge is 0.290 e. The molecule has 0 saturated heterocycles. The maximum absolute atomic E-state index is 5.15. The molecule has 0 amide bonds. The molecule has 0 aromatic heterocycles. The van der Waals surface area contributed by atoms with Gasteiger partial charge in [0.15, 0.2) is 0 Å². The van der Waals surface area contributed by atoms with Crippen LogP contribution in [0.25, 0.3) is 0 Å². The topological polar surface area (TPSA) is 24.7 Å². The molecule has 3 aromatic rings. The van der Waals surface area contributed by atoms with Gasteiger partial charge in [-0.3, -0.25) is 9.98 Å². The summed E-state index contributed by atoms with van der Waals surface area (Å²) in [6.07, 6.45) is 19.6. The third kappa shape index (κ3) is 11.3. The highest BCUT2D eigenvalue weighted by Crippen LogP contribution is 2.57. The summed E-state index contributed by atoms with van der Waals surface area (Å²) in [6.45, 7) is 11.3. The summed E-state index contributed by atoms with van der Waals surface area (Å²) in [7, 11) is 1.36. The Balaban J connectivity index is 1.65. The molecule has 0 bridgehead atoms.